The first-order valence-corrected chi connectivity index (χ1v) is 12.0. The summed E-state index contributed by atoms with van der Waals surface area (Å²) in [5.74, 6) is -0.267. The highest BCUT2D eigenvalue weighted by molar-refractivity contribution is 7.13. The monoisotopic (exact) mass is 481 g/mol. The predicted molar refractivity (Wildman–Crippen MR) is 137 cm³/mol. The Labute approximate surface area is 206 Å². The second kappa shape index (κ2) is 9.90. The lowest BCUT2D eigenvalue weighted by Crippen LogP contribution is -2.31. The zero-order valence-corrected chi connectivity index (χ0v) is 19.9. The van der Waals surface area contributed by atoms with Crippen molar-refractivity contribution >= 4 is 17.2 Å². The summed E-state index contributed by atoms with van der Waals surface area (Å²) in [7, 11) is 1.73. The summed E-state index contributed by atoms with van der Waals surface area (Å²) < 4.78 is 3.15. The minimum atomic E-state index is -0.267. The molecular formula is C27H23N5O2S. The Bertz CT molecular complexity index is 1490. The standard InChI is InChI=1S/C27H23N5O2S/c1-30(27(34)23-14-15-25(33)32(28-23)17-20-9-4-2-5-10-20)18-21-19-31(22-11-6-3-7-12-22)29-26(21)24-13-8-16-35-24/h2-16,19H,17-18H2,1H3. The van der Waals surface area contributed by atoms with Gasteiger partial charge in [0.05, 0.1) is 17.1 Å². The second-order valence-electron chi connectivity index (χ2n) is 8.12. The first-order chi connectivity index (χ1) is 17.1. The van der Waals surface area contributed by atoms with E-state index in [1.165, 1.54) is 16.8 Å². The van der Waals surface area contributed by atoms with E-state index in [1.54, 1.807) is 23.3 Å². The molecular weight excluding hydrogens is 458 g/mol. The Morgan fingerprint density at radius 1 is 0.914 bits per heavy atom. The number of carbonyl (C=O) groups is 1. The van der Waals surface area contributed by atoms with E-state index in [2.05, 4.69) is 5.10 Å². The zero-order valence-electron chi connectivity index (χ0n) is 19.1. The highest BCUT2D eigenvalue weighted by Gasteiger charge is 2.20. The van der Waals surface area contributed by atoms with Crippen LogP contribution in [0.4, 0.5) is 0 Å². The molecule has 0 aliphatic carbocycles. The maximum Gasteiger partial charge on any atom is 0.274 e. The van der Waals surface area contributed by atoms with Gasteiger partial charge in [0.25, 0.3) is 11.5 Å². The van der Waals surface area contributed by atoms with Gasteiger partial charge in [-0.3, -0.25) is 9.59 Å². The number of amides is 1. The molecule has 174 valence electrons. The molecule has 0 bridgehead atoms. The van der Waals surface area contributed by atoms with Crippen LogP contribution in [0.15, 0.2) is 101 Å². The number of rotatable bonds is 7. The van der Waals surface area contributed by atoms with Crippen molar-refractivity contribution in [2.24, 2.45) is 0 Å². The number of hydrogen-bond donors (Lipinski definition) is 0. The lowest BCUT2D eigenvalue weighted by molar-refractivity contribution is 0.0776. The Morgan fingerprint density at radius 2 is 1.66 bits per heavy atom. The second-order valence-corrected chi connectivity index (χ2v) is 9.07. The van der Waals surface area contributed by atoms with Crippen LogP contribution in [0.2, 0.25) is 0 Å². The van der Waals surface area contributed by atoms with E-state index in [0.29, 0.717) is 13.1 Å². The summed E-state index contributed by atoms with van der Waals surface area (Å²) >= 11 is 1.61. The third-order valence-corrected chi connectivity index (χ3v) is 6.46. The van der Waals surface area contributed by atoms with Crippen LogP contribution in [-0.2, 0) is 13.1 Å². The highest BCUT2D eigenvalue weighted by atomic mass is 32.1. The van der Waals surface area contributed by atoms with Crippen molar-refractivity contribution in [3.8, 4) is 16.3 Å². The van der Waals surface area contributed by atoms with Crippen molar-refractivity contribution in [1.29, 1.82) is 0 Å². The molecule has 0 saturated carbocycles. The van der Waals surface area contributed by atoms with Crippen LogP contribution in [0.1, 0.15) is 21.6 Å². The van der Waals surface area contributed by atoms with Crippen LogP contribution in [0.3, 0.4) is 0 Å². The molecule has 0 N–H and O–H groups in total. The molecule has 0 unspecified atom stereocenters. The van der Waals surface area contributed by atoms with Crippen molar-refractivity contribution < 1.29 is 4.79 Å². The van der Waals surface area contributed by atoms with Crippen molar-refractivity contribution in [2.45, 2.75) is 13.1 Å². The van der Waals surface area contributed by atoms with E-state index >= 15 is 0 Å². The molecule has 0 aliphatic heterocycles. The first kappa shape index (κ1) is 22.5. The molecule has 0 atom stereocenters. The Hall–Kier alpha value is -4.30. The Morgan fingerprint density at radius 3 is 2.37 bits per heavy atom. The summed E-state index contributed by atoms with van der Waals surface area (Å²) in [6.45, 7) is 0.648. The van der Waals surface area contributed by atoms with E-state index in [0.717, 1.165) is 27.4 Å². The van der Waals surface area contributed by atoms with Gasteiger partial charge in [-0.25, -0.2) is 9.36 Å². The summed E-state index contributed by atoms with van der Waals surface area (Å²) in [6.07, 6.45) is 1.96. The summed E-state index contributed by atoms with van der Waals surface area (Å²) in [5.41, 5.74) is 3.61. The quantitative estimate of drug-likeness (QED) is 0.344. The molecule has 2 aromatic carbocycles. The molecule has 3 aromatic heterocycles. The minimum Gasteiger partial charge on any atom is -0.336 e. The normalized spacial score (nSPS) is 10.9. The average Bonchev–Trinajstić information content (AvgIpc) is 3.56. The Kier molecular flexibility index (Phi) is 6.36. The molecule has 3 heterocycles. The van der Waals surface area contributed by atoms with Gasteiger partial charge in [0.2, 0.25) is 0 Å². The molecule has 5 aromatic rings. The van der Waals surface area contributed by atoms with Gasteiger partial charge >= 0.3 is 0 Å². The number of benzene rings is 2. The van der Waals surface area contributed by atoms with E-state index in [-0.39, 0.29) is 17.2 Å². The van der Waals surface area contributed by atoms with Gasteiger partial charge in [-0.15, -0.1) is 11.3 Å². The van der Waals surface area contributed by atoms with Crippen LogP contribution < -0.4 is 5.56 Å². The lowest BCUT2D eigenvalue weighted by Gasteiger charge is -2.17. The zero-order chi connectivity index (χ0) is 24.2. The van der Waals surface area contributed by atoms with E-state index in [9.17, 15) is 9.59 Å². The fourth-order valence-corrected chi connectivity index (χ4v) is 4.56. The molecule has 1 amide bonds. The summed E-state index contributed by atoms with van der Waals surface area (Å²) in [6, 6.07) is 26.3. The molecule has 0 radical (unpaired) electrons. The van der Waals surface area contributed by atoms with Crippen molar-refractivity contribution in [1.82, 2.24) is 24.5 Å². The van der Waals surface area contributed by atoms with Crippen molar-refractivity contribution in [3.63, 3.8) is 0 Å². The molecule has 35 heavy (non-hydrogen) atoms. The Balaban J connectivity index is 1.41. The number of nitrogens with zero attached hydrogens (tertiary/aromatic N) is 5. The summed E-state index contributed by atoms with van der Waals surface area (Å²) in [4.78, 5) is 28.2. The van der Waals surface area contributed by atoms with Gasteiger partial charge in [0.15, 0.2) is 0 Å². The van der Waals surface area contributed by atoms with Crippen LogP contribution >= 0.6 is 11.3 Å². The van der Waals surface area contributed by atoms with Gasteiger partial charge in [0.1, 0.15) is 11.4 Å². The molecule has 0 aliphatic rings. The van der Waals surface area contributed by atoms with Crippen LogP contribution in [0, 0.1) is 0 Å². The van der Waals surface area contributed by atoms with Gasteiger partial charge in [-0.05, 0) is 35.2 Å². The minimum absolute atomic E-state index is 0.219. The number of carbonyl (C=O) groups excluding carboxylic acids is 1. The smallest absolute Gasteiger partial charge is 0.274 e. The topological polar surface area (TPSA) is 73.0 Å². The maximum absolute atomic E-state index is 13.3. The predicted octanol–water partition coefficient (Wildman–Crippen LogP) is 4.48. The largest absolute Gasteiger partial charge is 0.336 e. The number of hydrogen-bond acceptors (Lipinski definition) is 5. The molecule has 7 nitrogen and oxygen atoms in total. The number of thiophene rings is 1. The van der Waals surface area contributed by atoms with Gasteiger partial charge in [-0.1, -0.05) is 54.6 Å². The molecule has 8 heteroatoms. The van der Waals surface area contributed by atoms with Crippen LogP contribution in [-0.4, -0.2) is 37.4 Å². The third kappa shape index (κ3) is 4.97. The van der Waals surface area contributed by atoms with Gasteiger partial charge in [-0.2, -0.15) is 10.2 Å². The maximum atomic E-state index is 13.3. The molecule has 5 rings (SSSR count). The van der Waals surface area contributed by atoms with Gasteiger partial charge < -0.3 is 4.90 Å². The first-order valence-electron chi connectivity index (χ1n) is 11.1. The molecule has 0 fully saturated rings. The third-order valence-electron chi connectivity index (χ3n) is 5.58. The highest BCUT2D eigenvalue weighted by Crippen LogP contribution is 2.28. The lowest BCUT2D eigenvalue weighted by atomic mass is 10.2. The molecule has 0 spiro atoms. The number of aromatic nitrogens is 4. The van der Waals surface area contributed by atoms with Crippen LogP contribution in [0.5, 0.6) is 0 Å². The van der Waals surface area contributed by atoms with E-state index in [4.69, 9.17) is 5.10 Å². The van der Waals surface area contributed by atoms with Crippen molar-refractivity contribution in [2.75, 3.05) is 7.05 Å². The van der Waals surface area contributed by atoms with E-state index < -0.39 is 0 Å². The summed E-state index contributed by atoms with van der Waals surface area (Å²) in [5, 5.41) is 11.2. The van der Waals surface area contributed by atoms with E-state index in [1.807, 2.05) is 89.1 Å². The van der Waals surface area contributed by atoms with Gasteiger partial charge in [0, 0.05) is 31.4 Å². The van der Waals surface area contributed by atoms with Crippen molar-refractivity contribution in [3.05, 3.63) is 124 Å². The fraction of sp³-hybridized carbons (Fsp3) is 0.111. The SMILES string of the molecule is CN(Cc1cn(-c2ccccc2)nc1-c1cccs1)C(=O)c1ccc(=O)n(Cc2ccccc2)n1. The molecule has 0 saturated heterocycles. The average molecular weight is 482 g/mol. The number of para-hydroxylation sites is 1. The fourth-order valence-electron chi connectivity index (χ4n) is 3.81. The van der Waals surface area contributed by atoms with Crippen LogP contribution in [0.25, 0.3) is 16.3 Å².